The van der Waals surface area contributed by atoms with Crippen molar-refractivity contribution in [1.29, 1.82) is 0 Å². The summed E-state index contributed by atoms with van der Waals surface area (Å²) in [5.74, 6) is -0.115. The summed E-state index contributed by atoms with van der Waals surface area (Å²) in [6, 6.07) is 4.18. The lowest BCUT2D eigenvalue weighted by molar-refractivity contribution is -0.127. The third kappa shape index (κ3) is 4.71. The van der Waals surface area contributed by atoms with E-state index in [2.05, 4.69) is 11.9 Å². The lowest BCUT2D eigenvalue weighted by Gasteiger charge is -2.16. The van der Waals surface area contributed by atoms with Crippen LogP contribution in [0.1, 0.15) is 12.5 Å². The van der Waals surface area contributed by atoms with Gasteiger partial charge in [0.2, 0.25) is 0 Å². The maximum atomic E-state index is 13.1. The number of carbonyl (C=O) groups is 1. The van der Waals surface area contributed by atoms with Crippen LogP contribution in [0.3, 0.4) is 0 Å². The molecular formula is C14H19FN2O2. The van der Waals surface area contributed by atoms with Crippen LogP contribution >= 0.6 is 0 Å². The SMILES string of the molecule is C=CCNC(=O)C(C)Oc1ccc(F)cc1CCN. The molecule has 1 aromatic rings. The van der Waals surface area contributed by atoms with Crippen LogP contribution in [0.15, 0.2) is 30.9 Å². The molecule has 104 valence electrons. The predicted octanol–water partition coefficient (Wildman–Crippen LogP) is 1.40. The van der Waals surface area contributed by atoms with Crippen molar-refractivity contribution in [3.8, 4) is 5.75 Å². The third-order valence-corrected chi connectivity index (χ3v) is 2.53. The molecule has 0 fully saturated rings. The molecular weight excluding hydrogens is 247 g/mol. The molecule has 0 aromatic heterocycles. The average molecular weight is 266 g/mol. The monoisotopic (exact) mass is 266 g/mol. The van der Waals surface area contributed by atoms with E-state index in [-0.39, 0.29) is 11.7 Å². The normalized spacial score (nSPS) is 11.7. The minimum Gasteiger partial charge on any atom is -0.481 e. The fraction of sp³-hybridized carbons (Fsp3) is 0.357. The molecule has 1 aromatic carbocycles. The average Bonchev–Trinajstić information content (AvgIpc) is 2.39. The molecule has 1 rings (SSSR count). The van der Waals surface area contributed by atoms with Gasteiger partial charge in [-0.3, -0.25) is 4.79 Å². The highest BCUT2D eigenvalue weighted by Crippen LogP contribution is 2.21. The zero-order chi connectivity index (χ0) is 14.3. The summed E-state index contributed by atoms with van der Waals surface area (Å²) < 4.78 is 18.7. The summed E-state index contributed by atoms with van der Waals surface area (Å²) in [7, 11) is 0. The largest absolute Gasteiger partial charge is 0.481 e. The molecule has 3 N–H and O–H groups in total. The standard InChI is InChI=1S/C14H19FN2O2/c1-3-8-17-14(18)10(2)19-13-5-4-12(15)9-11(13)6-7-16/h3-5,9-10H,1,6-8,16H2,2H3,(H,17,18). The molecule has 0 saturated carbocycles. The number of carbonyl (C=O) groups excluding carboxylic acids is 1. The van der Waals surface area contributed by atoms with Crippen LogP contribution in [0.5, 0.6) is 5.75 Å². The molecule has 0 bridgehead atoms. The van der Waals surface area contributed by atoms with Crippen LogP contribution < -0.4 is 15.8 Å². The lowest BCUT2D eigenvalue weighted by atomic mass is 10.1. The van der Waals surface area contributed by atoms with E-state index in [0.717, 1.165) is 0 Å². The van der Waals surface area contributed by atoms with Crippen LogP contribution in [-0.2, 0) is 11.2 Å². The molecule has 0 spiro atoms. The molecule has 19 heavy (non-hydrogen) atoms. The molecule has 1 unspecified atom stereocenters. The van der Waals surface area contributed by atoms with E-state index in [9.17, 15) is 9.18 Å². The molecule has 0 radical (unpaired) electrons. The van der Waals surface area contributed by atoms with Gasteiger partial charge < -0.3 is 15.8 Å². The van der Waals surface area contributed by atoms with Gasteiger partial charge in [-0.05, 0) is 43.7 Å². The number of ether oxygens (including phenoxy) is 1. The Kier molecular flexibility index (Phi) is 6.02. The molecule has 4 nitrogen and oxygen atoms in total. The topological polar surface area (TPSA) is 64.3 Å². The first-order chi connectivity index (χ1) is 9.08. The van der Waals surface area contributed by atoms with Gasteiger partial charge in [0.25, 0.3) is 5.91 Å². The molecule has 1 amide bonds. The number of rotatable bonds is 7. The fourth-order valence-corrected chi connectivity index (χ4v) is 1.57. The summed E-state index contributed by atoms with van der Waals surface area (Å²) in [6.07, 6.45) is 1.41. The predicted molar refractivity (Wildman–Crippen MR) is 72.5 cm³/mol. The Balaban J connectivity index is 2.74. The van der Waals surface area contributed by atoms with Crippen molar-refractivity contribution >= 4 is 5.91 Å². The van der Waals surface area contributed by atoms with Gasteiger partial charge in [-0.1, -0.05) is 6.08 Å². The fourth-order valence-electron chi connectivity index (χ4n) is 1.57. The Bertz CT molecular complexity index is 449. The highest BCUT2D eigenvalue weighted by Gasteiger charge is 2.15. The summed E-state index contributed by atoms with van der Waals surface area (Å²) in [6.45, 7) is 5.91. The van der Waals surface area contributed by atoms with Gasteiger partial charge >= 0.3 is 0 Å². The Hall–Kier alpha value is -1.88. The quantitative estimate of drug-likeness (QED) is 0.733. The van der Waals surface area contributed by atoms with Crippen molar-refractivity contribution in [3.63, 3.8) is 0 Å². The van der Waals surface area contributed by atoms with Gasteiger partial charge in [0.1, 0.15) is 11.6 Å². The number of nitrogens with two attached hydrogens (primary N) is 1. The molecule has 0 aliphatic carbocycles. The van der Waals surface area contributed by atoms with Crippen molar-refractivity contribution < 1.29 is 13.9 Å². The smallest absolute Gasteiger partial charge is 0.261 e. The van der Waals surface area contributed by atoms with Gasteiger partial charge in [-0.25, -0.2) is 4.39 Å². The number of nitrogens with one attached hydrogen (secondary N) is 1. The summed E-state index contributed by atoms with van der Waals surface area (Å²) in [5, 5.41) is 2.63. The molecule has 0 saturated heterocycles. The van der Waals surface area contributed by atoms with Gasteiger partial charge in [-0.15, -0.1) is 6.58 Å². The first-order valence-electron chi connectivity index (χ1n) is 6.12. The number of benzene rings is 1. The van der Waals surface area contributed by atoms with E-state index in [1.165, 1.54) is 18.2 Å². The Morgan fingerprint density at radius 2 is 2.37 bits per heavy atom. The Morgan fingerprint density at radius 3 is 3.00 bits per heavy atom. The molecule has 5 heteroatoms. The van der Waals surface area contributed by atoms with Crippen LogP contribution in [0.4, 0.5) is 4.39 Å². The first-order valence-corrected chi connectivity index (χ1v) is 6.12. The zero-order valence-electron chi connectivity index (χ0n) is 11.0. The maximum absolute atomic E-state index is 13.1. The highest BCUT2D eigenvalue weighted by molar-refractivity contribution is 5.80. The number of halogens is 1. The van der Waals surface area contributed by atoms with Crippen molar-refractivity contribution in [2.24, 2.45) is 5.73 Å². The summed E-state index contributed by atoms with van der Waals surface area (Å²) >= 11 is 0. The lowest BCUT2D eigenvalue weighted by Crippen LogP contribution is -2.36. The minimum absolute atomic E-state index is 0.247. The second kappa shape index (κ2) is 7.53. The molecule has 0 aliphatic heterocycles. The molecule has 1 atom stereocenters. The second-order valence-corrected chi connectivity index (χ2v) is 4.08. The third-order valence-electron chi connectivity index (χ3n) is 2.53. The van der Waals surface area contributed by atoms with E-state index in [1.807, 2.05) is 0 Å². The van der Waals surface area contributed by atoms with Gasteiger partial charge in [-0.2, -0.15) is 0 Å². The van der Waals surface area contributed by atoms with Crippen LogP contribution in [0.25, 0.3) is 0 Å². The Labute approximate surface area is 112 Å². The van der Waals surface area contributed by atoms with E-state index in [1.54, 1.807) is 13.0 Å². The molecule has 0 heterocycles. The Morgan fingerprint density at radius 1 is 1.63 bits per heavy atom. The van der Waals surface area contributed by atoms with Crippen molar-refractivity contribution in [2.75, 3.05) is 13.1 Å². The van der Waals surface area contributed by atoms with Gasteiger partial charge in [0.05, 0.1) is 0 Å². The first kappa shape index (κ1) is 15.2. The zero-order valence-corrected chi connectivity index (χ0v) is 11.0. The van der Waals surface area contributed by atoms with E-state index < -0.39 is 6.10 Å². The van der Waals surface area contributed by atoms with Gasteiger partial charge in [0.15, 0.2) is 6.10 Å². The number of amides is 1. The van der Waals surface area contributed by atoms with Crippen molar-refractivity contribution in [1.82, 2.24) is 5.32 Å². The summed E-state index contributed by atoms with van der Waals surface area (Å²) in [4.78, 5) is 11.7. The van der Waals surface area contributed by atoms with Gasteiger partial charge in [0, 0.05) is 6.54 Å². The maximum Gasteiger partial charge on any atom is 0.261 e. The number of hydrogen-bond acceptors (Lipinski definition) is 3. The highest BCUT2D eigenvalue weighted by atomic mass is 19.1. The van der Waals surface area contributed by atoms with Crippen LogP contribution in [0, 0.1) is 5.82 Å². The molecule has 0 aliphatic rings. The van der Waals surface area contributed by atoms with E-state index in [4.69, 9.17) is 10.5 Å². The minimum atomic E-state index is -0.665. The van der Waals surface area contributed by atoms with Crippen LogP contribution in [0.2, 0.25) is 0 Å². The van der Waals surface area contributed by atoms with E-state index in [0.29, 0.717) is 30.8 Å². The van der Waals surface area contributed by atoms with E-state index >= 15 is 0 Å². The van der Waals surface area contributed by atoms with Crippen LogP contribution in [-0.4, -0.2) is 25.1 Å². The van der Waals surface area contributed by atoms with Crippen molar-refractivity contribution in [2.45, 2.75) is 19.4 Å². The second-order valence-electron chi connectivity index (χ2n) is 4.08. The van der Waals surface area contributed by atoms with Crippen molar-refractivity contribution in [3.05, 3.63) is 42.2 Å². The summed E-state index contributed by atoms with van der Waals surface area (Å²) in [5.41, 5.74) is 6.13. The number of hydrogen-bond donors (Lipinski definition) is 2.